The lowest BCUT2D eigenvalue weighted by atomic mass is 10.2. The van der Waals surface area contributed by atoms with Gasteiger partial charge in [0.25, 0.3) is 0 Å². The van der Waals surface area contributed by atoms with E-state index in [1.54, 1.807) is 18.1 Å². The number of hydrogen-bond donors (Lipinski definition) is 1. The minimum Gasteiger partial charge on any atom is -0.495 e. The monoisotopic (exact) mass is 332 g/mol. The van der Waals surface area contributed by atoms with E-state index in [2.05, 4.69) is 5.32 Å². The molecule has 5 heteroatoms. The molecule has 0 saturated heterocycles. The number of nitrogens with one attached hydrogen (secondary N) is 1. The lowest BCUT2D eigenvalue weighted by molar-refractivity contribution is 0.257. The molecule has 2 aromatic rings. The smallest absolute Gasteiger partial charge is 0.326 e. The number of anilines is 2. The summed E-state index contributed by atoms with van der Waals surface area (Å²) in [6.45, 7) is 6.34. The molecular formula is C18H21ClN2O2. The average molecular weight is 333 g/mol. The van der Waals surface area contributed by atoms with Gasteiger partial charge < -0.3 is 10.1 Å². The number of carbonyl (C=O) groups is 1. The standard InChI is InChI=1S/C18H21ClN2O2/c1-5-21(14-8-7-13(3)15(19)11-14)18(22)20-16-10-12(2)6-9-17(16)23-4/h6-11H,5H2,1-4H3,(H,20,22). The van der Waals surface area contributed by atoms with E-state index in [1.165, 1.54) is 0 Å². The summed E-state index contributed by atoms with van der Waals surface area (Å²) in [6, 6.07) is 11.0. The Morgan fingerprint density at radius 2 is 1.96 bits per heavy atom. The molecule has 0 saturated carbocycles. The van der Waals surface area contributed by atoms with Crippen molar-refractivity contribution in [2.75, 3.05) is 23.9 Å². The van der Waals surface area contributed by atoms with E-state index < -0.39 is 0 Å². The molecule has 2 rings (SSSR count). The molecule has 0 aliphatic heterocycles. The first-order valence-corrected chi connectivity index (χ1v) is 7.83. The van der Waals surface area contributed by atoms with Gasteiger partial charge in [-0.25, -0.2) is 4.79 Å². The lowest BCUT2D eigenvalue weighted by Gasteiger charge is -2.23. The molecule has 0 unspecified atom stereocenters. The van der Waals surface area contributed by atoms with Crippen LogP contribution in [0.3, 0.4) is 0 Å². The Morgan fingerprint density at radius 3 is 2.57 bits per heavy atom. The zero-order valence-electron chi connectivity index (χ0n) is 13.8. The van der Waals surface area contributed by atoms with Gasteiger partial charge in [0, 0.05) is 17.3 Å². The highest BCUT2D eigenvalue weighted by Crippen LogP contribution is 2.27. The van der Waals surface area contributed by atoms with Crippen molar-refractivity contribution in [3.8, 4) is 5.75 Å². The highest BCUT2D eigenvalue weighted by atomic mass is 35.5. The van der Waals surface area contributed by atoms with E-state index in [-0.39, 0.29) is 6.03 Å². The molecular weight excluding hydrogens is 312 g/mol. The number of urea groups is 1. The van der Waals surface area contributed by atoms with Crippen LogP contribution in [0, 0.1) is 13.8 Å². The lowest BCUT2D eigenvalue weighted by Crippen LogP contribution is -2.34. The summed E-state index contributed by atoms with van der Waals surface area (Å²) in [4.78, 5) is 14.3. The molecule has 0 aromatic heterocycles. The van der Waals surface area contributed by atoms with Crippen molar-refractivity contribution in [3.05, 3.63) is 52.5 Å². The zero-order chi connectivity index (χ0) is 17.0. The van der Waals surface area contributed by atoms with E-state index in [0.717, 1.165) is 16.8 Å². The largest absolute Gasteiger partial charge is 0.495 e. The number of carbonyl (C=O) groups excluding carboxylic acids is 1. The van der Waals surface area contributed by atoms with E-state index in [0.29, 0.717) is 23.0 Å². The minimum atomic E-state index is -0.226. The summed E-state index contributed by atoms with van der Waals surface area (Å²) in [5.74, 6) is 0.627. The molecule has 0 bridgehead atoms. The number of rotatable bonds is 4. The van der Waals surface area contributed by atoms with Crippen LogP contribution in [0.5, 0.6) is 5.75 Å². The van der Waals surface area contributed by atoms with E-state index >= 15 is 0 Å². The van der Waals surface area contributed by atoms with Crippen LogP contribution < -0.4 is 15.0 Å². The normalized spacial score (nSPS) is 10.3. The number of methoxy groups -OCH3 is 1. The Hall–Kier alpha value is -2.20. The van der Waals surface area contributed by atoms with Crippen molar-refractivity contribution in [1.29, 1.82) is 0 Å². The number of benzene rings is 2. The van der Waals surface area contributed by atoms with Gasteiger partial charge in [-0.1, -0.05) is 23.7 Å². The number of halogens is 1. The Labute approximate surface area is 142 Å². The van der Waals surface area contributed by atoms with E-state index in [9.17, 15) is 4.79 Å². The van der Waals surface area contributed by atoms with Gasteiger partial charge in [-0.15, -0.1) is 0 Å². The van der Waals surface area contributed by atoms with Crippen LogP contribution in [-0.2, 0) is 0 Å². The molecule has 0 atom stereocenters. The third-order valence-electron chi connectivity index (χ3n) is 3.63. The van der Waals surface area contributed by atoms with Crippen LogP contribution >= 0.6 is 11.6 Å². The molecule has 0 aliphatic carbocycles. The van der Waals surface area contributed by atoms with Crippen molar-refractivity contribution in [2.45, 2.75) is 20.8 Å². The first kappa shape index (κ1) is 17.2. The molecule has 2 aromatic carbocycles. The molecule has 23 heavy (non-hydrogen) atoms. The SMILES string of the molecule is CCN(C(=O)Nc1cc(C)ccc1OC)c1ccc(C)c(Cl)c1. The van der Waals surface area contributed by atoms with Gasteiger partial charge >= 0.3 is 6.03 Å². The Morgan fingerprint density at radius 1 is 1.22 bits per heavy atom. The van der Waals surface area contributed by atoms with Crippen LogP contribution in [0.2, 0.25) is 5.02 Å². The van der Waals surface area contributed by atoms with Crippen LogP contribution in [0.4, 0.5) is 16.2 Å². The summed E-state index contributed by atoms with van der Waals surface area (Å²) >= 11 is 6.17. The highest BCUT2D eigenvalue weighted by Gasteiger charge is 2.16. The third-order valence-corrected chi connectivity index (χ3v) is 4.03. The molecule has 0 fully saturated rings. The number of hydrogen-bond acceptors (Lipinski definition) is 2. The topological polar surface area (TPSA) is 41.6 Å². The number of ether oxygens (including phenoxy) is 1. The zero-order valence-corrected chi connectivity index (χ0v) is 14.6. The average Bonchev–Trinajstić information content (AvgIpc) is 2.52. The van der Waals surface area contributed by atoms with Crippen molar-refractivity contribution in [2.24, 2.45) is 0 Å². The maximum absolute atomic E-state index is 12.6. The summed E-state index contributed by atoms with van der Waals surface area (Å²) in [6.07, 6.45) is 0. The third kappa shape index (κ3) is 3.96. The van der Waals surface area contributed by atoms with Crippen molar-refractivity contribution >= 4 is 29.0 Å². The fourth-order valence-electron chi connectivity index (χ4n) is 2.30. The van der Waals surface area contributed by atoms with Crippen LogP contribution in [0.25, 0.3) is 0 Å². The van der Waals surface area contributed by atoms with Crippen molar-refractivity contribution in [1.82, 2.24) is 0 Å². The quantitative estimate of drug-likeness (QED) is 0.853. The van der Waals surface area contributed by atoms with E-state index in [4.69, 9.17) is 16.3 Å². The summed E-state index contributed by atoms with van der Waals surface area (Å²) < 4.78 is 5.30. The molecule has 0 heterocycles. The Balaban J connectivity index is 2.27. The van der Waals surface area contributed by atoms with Gasteiger partial charge in [-0.3, -0.25) is 4.90 Å². The molecule has 4 nitrogen and oxygen atoms in total. The van der Waals surface area contributed by atoms with Gasteiger partial charge in [-0.2, -0.15) is 0 Å². The second kappa shape index (κ2) is 7.38. The van der Waals surface area contributed by atoms with Gasteiger partial charge in [0.05, 0.1) is 12.8 Å². The van der Waals surface area contributed by atoms with Gasteiger partial charge in [-0.05, 0) is 56.2 Å². The van der Waals surface area contributed by atoms with Gasteiger partial charge in [0.2, 0.25) is 0 Å². The minimum absolute atomic E-state index is 0.226. The molecule has 0 radical (unpaired) electrons. The molecule has 122 valence electrons. The number of aryl methyl sites for hydroxylation is 2. The Kier molecular flexibility index (Phi) is 5.50. The fourth-order valence-corrected chi connectivity index (χ4v) is 2.47. The second-order valence-corrected chi connectivity index (χ2v) is 5.72. The predicted octanol–water partition coefficient (Wildman–Crippen LogP) is 5.02. The van der Waals surface area contributed by atoms with Crippen molar-refractivity contribution < 1.29 is 9.53 Å². The maximum Gasteiger partial charge on any atom is 0.326 e. The number of amides is 2. The first-order valence-electron chi connectivity index (χ1n) is 7.45. The van der Waals surface area contributed by atoms with Gasteiger partial charge in [0.1, 0.15) is 5.75 Å². The summed E-state index contributed by atoms with van der Waals surface area (Å²) in [5.41, 5.74) is 3.43. The summed E-state index contributed by atoms with van der Waals surface area (Å²) in [5, 5.41) is 3.55. The molecule has 2 amide bonds. The second-order valence-electron chi connectivity index (χ2n) is 5.31. The Bertz CT molecular complexity index is 716. The molecule has 1 N–H and O–H groups in total. The van der Waals surface area contributed by atoms with Crippen LogP contribution in [0.15, 0.2) is 36.4 Å². The first-order chi connectivity index (χ1) is 11.0. The predicted molar refractivity (Wildman–Crippen MR) is 96.0 cm³/mol. The highest BCUT2D eigenvalue weighted by molar-refractivity contribution is 6.31. The van der Waals surface area contributed by atoms with Crippen LogP contribution in [-0.4, -0.2) is 19.7 Å². The maximum atomic E-state index is 12.6. The molecule has 0 aliphatic rings. The molecule has 0 spiro atoms. The number of nitrogens with zero attached hydrogens (tertiary/aromatic N) is 1. The van der Waals surface area contributed by atoms with Crippen LogP contribution in [0.1, 0.15) is 18.1 Å². The van der Waals surface area contributed by atoms with Gasteiger partial charge in [0.15, 0.2) is 0 Å². The van der Waals surface area contributed by atoms with Crippen molar-refractivity contribution in [3.63, 3.8) is 0 Å². The summed E-state index contributed by atoms with van der Waals surface area (Å²) in [7, 11) is 1.58. The fraction of sp³-hybridized carbons (Fsp3) is 0.278. The van der Waals surface area contributed by atoms with E-state index in [1.807, 2.05) is 51.1 Å².